The number of pyridine rings is 1. The van der Waals surface area contributed by atoms with Gasteiger partial charge in [0.2, 0.25) is 5.91 Å². The Kier molecular flexibility index (Phi) is 5.45. The molecule has 5 nitrogen and oxygen atoms in total. The zero-order valence-corrected chi connectivity index (χ0v) is 16.0. The van der Waals surface area contributed by atoms with Gasteiger partial charge >= 0.3 is 6.18 Å². The second kappa shape index (κ2) is 8.02. The first-order valence-electron chi connectivity index (χ1n) is 9.84. The van der Waals surface area contributed by atoms with Gasteiger partial charge in [0.05, 0.1) is 17.3 Å². The zero-order valence-electron chi connectivity index (χ0n) is 16.0. The maximum Gasteiger partial charge on any atom is 0.418 e. The van der Waals surface area contributed by atoms with Crippen molar-refractivity contribution in [3.05, 3.63) is 53.7 Å². The Morgan fingerprint density at radius 3 is 2.52 bits per heavy atom. The Balaban J connectivity index is 1.39. The molecule has 1 aromatic heterocycles. The van der Waals surface area contributed by atoms with Crippen LogP contribution in [-0.4, -0.2) is 36.6 Å². The molecular formula is C21H23F3N4O. The predicted molar refractivity (Wildman–Crippen MR) is 105 cm³/mol. The number of benzene rings is 1. The average Bonchev–Trinajstić information content (AvgIpc) is 3.36. The molecule has 2 aromatic rings. The maximum atomic E-state index is 13.3. The molecule has 1 N–H and O–H groups in total. The number of amides is 1. The largest absolute Gasteiger partial charge is 0.418 e. The van der Waals surface area contributed by atoms with Gasteiger partial charge in [-0.2, -0.15) is 13.2 Å². The number of halogens is 3. The Morgan fingerprint density at radius 1 is 1.07 bits per heavy atom. The Hall–Kier alpha value is -2.61. The molecule has 2 saturated heterocycles. The number of rotatable bonds is 5. The van der Waals surface area contributed by atoms with E-state index in [1.807, 2.05) is 12.1 Å². The third kappa shape index (κ3) is 4.22. The number of aromatic nitrogens is 1. The van der Waals surface area contributed by atoms with Crippen molar-refractivity contribution in [2.45, 2.75) is 38.0 Å². The Labute approximate surface area is 167 Å². The van der Waals surface area contributed by atoms with E-state index in [1.165, 1.54) is 35.9 Å². The van der Waals surface area contributed by atoms with Gasteiger partial charge in [-0.3, -0.25) is 4.79 Å². The summed E-state index contributed by atoms with van der Waals surface area (Å²) in [5.41, 5.74) is 0.0801. The fourth-order valence-electron chi connectivity index (χ4n) is 3.95. The second-order valence-corrected chi connectivity index (χ2v) is 7.45. The quantitative estimate of drug-likeness (QED) is 0.828. The molecule has 4 rings (SSSR count). The van der Waals surface area contributed by atoms with Crippen LogP contribution in [0.5, 0.6) is 0 Å². The van der Waals surface area contributed by atoms with Gasteiger partial charge in [0.1, 0.15) is 5.82 Å². The highest BCUT2D eigenvalue weighted by Gasteiger charge is 2.39. The zero-order chi connectivity index (χ0) is 20.4. The lowest BCUT2D eigenvalue weighted by Gasteiger charge is -2.21. The summed E-state index contributed by atoms with van der Waals surface area (Å²) in [5, 5.41) is 3.17. The van der Waals surface area contributed by atoms with Gasteiger partial charge in [-0.05, 0) is 43.0 Å². The van der Waals surface area contributed by atoms with E-state index in [2.05, 4.69) is 15.2 Å². The van der Waals surface area contributed by atoms with Gasteiger partial charge in [-0.25, -0.2) is 4.98 Å². The number of alkyl halides is 3. The van der Waals surface area contributed by atoms with E-state index in [0.29, 0.717) is 13.0 Å². The van der Waals surface area contributed by atoms with Crippen LogP contribution in [0.1, 0.15) is 30.4 Å². The normalized spacial score (nSPS) is 20.0. The summed E-state index contributed by atoms with van der Waals surface area (Å²) in [6.45, 7) is 2.75. The summed E-state index contributed by atoms with van der Waals surface area (Å²) >= 11 is 0. The van der Waals surface area contributed by atoms with E-state index >= 15 is 0 Å². The van der Waals surface area contributed by atoms with E-state index in [0.717, 1.165) is 30.5 Å². The monoisotopic (exact) mass is 404 g/mol. The number of nitrogens with zero attached hydrogens (tertiary/aromatic N) is 3. The van der Waals surface area contributed by atoms with Crippen molar-refractivity contribution < 1.29 is 18.0 Å². The lowest BCUT2D eigenvalue weighted by atomic mass is 10.1. The number of carbonyl (C=O) groups is 1. The molecule has 2 aliphatic heterocycles. The van der Waals surface area contributed by atoms with Crippen LogP contribution in [0.25, 0.3) is 0 Å². The fraction of sp³-hybridized carbons (Fsp3) is 0.429. The minimum absolute atomic E-state index is 0.0778. The molecule has 2 fully saturated rings. The van der Waals surface area contributed by atoms with Crippen molar-refractivity contribution in [2.24, 2.45) is 0 Å². The summed E-state index contributed by atoms with van der Waals surface area (Å²) in [5.74, 6) is 0.626. The number of carbonyl (C=O) groups excluding carboxylic acids is 1. The summed E-state index contributed by atoms with van der Waals surface area (Å²) in [6.07, 6.45) is 0.123. The van der Waals surface area contributed by atoms with Crippen LogP contribution in [0, 0.1) is 0 Å². The number of nitrogens with one attached hydrogen (secondary N) is 1. The first kappa shape index (κ1) is 19.7. The van der Waals surface area contributed by atoms with Crippen LogP contribution in [0.15, 0.2) is 42.6 Å². The average molecular weight is 404 g/mol. The number of para-hydroxylation sites is 1. The van der Waals surface area contributed by atoms with Crippen LogP contribution < -0.4 is 15.1 Å². The van der Waals surface area contributed by atoms with E-state index in [4.69, 9.17) is 0 Å². The molecule has 0 bridgehead atoms. The van der Waals surface area contributed by atoms with Crippen LogP contribution in [-0.2, 0) is 17.5 Å². The van der Waals surface area contributed by atoms with Gasteiger partial charge in [-0.1, -0.05) is 18.2 Å². The molecule has 0 saturated carbocycles. The van der Waals surface area contributed by atoms with Crippen LogP contribution in [0.2, 0.25) is 0 Å². The number of hydrogen-bond donors (Lipinski definition) is 1. The highest BCUT2D eigenvalue weighted by molar-refractivity contribution is 6.00. The number of anilines is 2. The van der Waals surface area contributed by atoms with Gasteiger partial charge < -0.3 is 15.1 Å². The van der Waals surface area contributed by atoms with E-state index in [-0.39, 0.29) is 18.1 Å². The molecule has 0 spiro atoms. The molecule has 154 valence electrons. The third-order valence-electron chi connectivity index (χ3n) is 5.50. The van der Waals surface area contributed by atoms with Crippen molar-refractivity contribution in [3.8, 4) is 0 Å². The van der Waals surface area contributed by atoms with Crippen molar-refractivity contribution in [2.75, 3.05) is 29.4 Å². The van der Waals surface area contributed by atoms with E-state index in [1.54, 1.807) is 6.20 Å². The highest BCUT2D eigenvalue weighted by atomic mass is 19.4. The molecule has 8 heteroatoms. The van der Waals surface area contributed by atoms with Crippen LogP contribution in [0.4, 0.5) is 24.7 Å². The summed E-state index contributed by atoms with van der Waals surface area (Å²) in [6, 6.07) is 8.66. The van der Waals surface area contributed by atoms with Crippen molar-refractivity contribution >= 4 is 17.4 Å². The summed E-state index contributed by atoms with van der Waals surface area (Å²) < 4.78 is 39.8. The van der Waals surface area contributed by atoms with Gasteiger partial charge in [0, 0.05) is 32.4 Å². The maximum absolute atomic E-state index is 13.3. The van der Waals surface area contributed by atoms with E-state index < -0.39 is 17.8 Å². The number of hydrogen-bond acceptors (Lipinski definition) is 4. The molecule has 0 aliphatic carbocycles. The Bertz CT molecular complexity index is 863. The van der Waals surface area contributed by atoms with Gasteiger partial charge in [-0.15, -0.1) is 0 Å². The van der Waals surface area contributed by atoms with E-state index in [9.17, 15) is 18.0 Å². The van der Waals surface area contributed by atoms with Crippen molar-refractivity contribution in [3.63, 3.8) is 0 Å². The second-order valence-electron chi connectivity index (χ2n) is 7.45. The lowest BCUT2D eigenvalue weighted by molar-refractivity contribution is -0.137. The minimum atomic E-state index is -4.49. The fourth-order valence-corrected chi connectivity index (χ4v) is 3.95. The van der Waals surface area contributed by atoms with Gasteiger partial charge in [0.25, 0.3) is 0 Å². The van der Waals surface area contributed by atoms with Crippen LogP contribution >= 0.6 is 0 Å². The van der Waals surface area contributed by atoms with Crippen molar-refractivity contribution in [1.82, 2.24) is 10.3 Å². The smallest absolute Gasteiger partial charge is 0.357 e. The highest BCUT2D eigenvalue weighted by Crippen LogP contribution is 2.37. The predicted octanol–water partition coefficient (Wildman–Crippen LogP) is 3.60. The molecule has 29 heavy (non-hydrogen) atoms. The SMILES string of the molecule is O=C1[C@H](NCc2ccc(N3CCCC3)nc2)CCN1c1ccccc1C(F)(F)F. The summed E-state index contributed by atoms with van der Waals surface area (Å²) in [7, 11) is 0. The molecule has 1 amide bonds. The lowest BCUT2D eigenvalue weighted by Crippen LogP contribution is -2.38. The Morgan fingerprint density at radius 2 is 1.83 bits per heavy atom. The molecule has 1 aromatic carbocycles. The standard InChI is InChI=1S/C21H23F3N4O/c22-21(23,24)16-5-1-2-6-18(16)28-12-9-17(20(28)29)25-13-15-7-8-19(26-14-15)27-10-3-4-11-27/h1-2,5-8,14,17,25H,3-4,9-13H2/t17-/m1/s1. The first-order valence-corrected chi connectivity index (χ1v) is 9.84. The molecule has 2 aliphatic rings. The molecule has 1 atom stereocenters. The van der Waals surface area contributed by atoms with Crippen molar-refractivity contribution in [1.29, 1.82) is 0 Å². The van der Waals surface area contributed by atoms with Crippen LogP contribution in [0.3, 0.4) is 0 Å². The minimum Gasteiger partial charge on any atom is -0.357 e. The molecule has 3 heterocycles. The van der Waals surface area contributed by atoms with Gasteiger partial charge in [0.15, 0.2) is 0 Å². The summed E-state index contributed by atoms with van der Waals surface area (Å²) in [4.78, 5) is 20.7. The molecule has 0 radical (unpaired) electrons. The topological polar surface area (TPSA) is 48.5 Å². The molecule has 0 unspecified atom stereocenters. The molecular weight excluding hydrogens is 381 g/mol. The third-order valence-corrected chi connectivity index (χ3v) is 5.50. The first-order chi connectivity index (χ1) is 13.9.